The lowest BCUT2D eigenvalue weighted by Crippen LogP contribution is -2.60. The molecule has 3 aliphatic rings. The van der Waals surface area contributed by atoms with Gasteiger partial charge >= 0.3 is 6.09 Å². The maximum atomic E-state index is 11.9. The third-order valence-corrected chi connectivity index (χ3v) is 4.48. The normalized spacial score (nSPS) is 28.1. The molecule has 0 N–H and O–H groups in total. The topological polar surface area (TPSA) is 42.1 Å². The average Bonchev–Trinajstić information content (AvgIpc) is 2.94. The van der Waals surface area contributed by atoms with Gasteiger partial charge in [-0.15, -0.1) is 0 Å². The lowest BCUT2D eigenvalue weighted by Gasteiger charge is -2.52. The van der Waals surface area contributed by atoms with E-state index in [0.29, 0.717) is 5.41 Å². The van der Waals surface area contributed by atoms with E-state index in [2.05, 4.69) is 0 Å². The van der Waals surface area contributed by atoms with Gasteiger partial charge in [0.2, 0.25) is 0 Å². The van der Waals surface area contributed by atoms with Crippen LogP contribution in [0.4, 0.5) is 4.79 Å². The summed E-state index contributed by atoms with van der Waals surface area (Å²) in [5, 5.41) is 0. The number of hydrogen-bond acceptors (Lipinski definition) is 3. The fourth-order valence-electron chi connectivity index (χ4n) is 3.16. The number of hydrogen-bond donors (Lipinski definition) is 0. The van der Waals surface area contributed by atoms with E-state index in [1.807, 2.05) is 25.7 Å². The second-order valence-electron chi connectivity index (χ2n) is 7.31. The van der Waals surface area contributed by atoms with Gasteiger partial charge in [-0.3, -0.25) is 0 Å². The summed E-state index contributed by atoms with van der Waals surface area (Å²) in [7, 11) is 0. The SMILES string of the molecule is CC(C)(C)OC(=O)N1CC2(CCC3(CC2)CO3)C1. The van der Waals surface area contributed by atoms with Gasteiger partial charge in [0.15, 0.2) is 0 Å². The number of nitrogens with zero attached hydrogens (tertiary/aromatic N) is 1. The third kappa shape index (κ3) is 2.22. The summed E-state index contributed by atoms with van der Waals surface area (Å²) in [5.74, 6) is 0. The Labute approximate surface area is 109 Å². The van der Waals surface area contributed by atoms with E-state index >= 15 is 0 Å². The van der Waals surface area contributed by atoms with Crippen molar-refractivity contribution in [3.8, 4) is 0 Å². The molecule has 102 valence electrons. The molecule has 3 rings (SSSR count). The number of carbonyl (C=O) groups is 1. The Balaban J connectivity index is 1.49. The van der Waals surface area contributed by atoms with E-state index in [1.54, 1.807) is 0 Å². The number of epoxide rings is 1. The molecule has 2 spiro atoms. The lowest BCUT2D eigenvalue weighted by molar-refractivity contribution is -0.0566. The summed E-state index contributed by atoms with van der Waals surface area (Å²) in [6, 6.07) is 0. The van der Waals surface area contributed by atoms with Gasteiger partial charge in [0.1, 0.15) is 5.60 Å². The predicted octanol–water partition coefficient (Wildman–Crippen LogP) is 2.57. The van der Waals surface area contributed by atoms with Crippen molar-refractivity contribution in [2.75, 3.05) is 19.7 Å². The Morgan fingerprint density at radius 1 is 1.17 bits per heavy atom. The van der Waals surface area contributed by atoms with Crippen LogP contribution in [0.3, 0.4) is 0 Å². The number of carbonyl (C=O) groups excluding carboxylic acids is 1. The van der Waals surface area contributed by atoms with E-state index in [-0.39, 0.29) is 11.7 Å². The fraction of sp³-hybridized carbons (Fsp3) is 0.929. The van der Waals surface area contributed by atoms with E-state index < -0.39 is 5.60 Å². The molecule has 0 aromatic carbocycles. The maximum absolute atomic E-state index is 11.9. The van der Waals surface area contributed by atoms with E-state index in [0.717, 1.165) is 19.7 Å². The molecule has 0 aromatic rings. The number of amides is 1. The van der Waals surface area contributed by atoms with E-state index in [1.165, 1.54) is 25.7 Å². The van der Waals surface area contributed by atoms with Gasteiger partial charge in [-0.25, -0.2) is 4.79 Å². The van der Waals surface area contributed by atoms with Crippen LogP contribution in [0.25, 0.3) is 0 Å². The first-order chi connectivity index (χ1) is 8.32. The first-order valence-corrected chi connectivity index (χ1v) is 6.94. The number of ether oxygens (including phenoxy) is 2. The Morgan fingerprint density at radius 3 is 2.17 bits per heavy atom. The summed E-state index contributed by atoms with van der Waals surface area (Å²) >= 11 is 0. The van der Waals surface area contributed by atoms with E-state index in [4.69, 9.17) is 9.47 Å². The first kappa shape index (κ1) is 12.3. The second-order valence-corrected chi connectivity index (χ2v) is 7.31. The highest BCUT2D eigenvalue weighted by Crippen LogP contribution is 2.52. The monoisotopic (exact) mass is 253 g/mol. The Morgan fingerprint density at radius 2 is 1.72 bits per heavy atom. The zero-order valence-corrected chi connectivity index (χ0v) is 11.6. The van der Waals surface area contributed by atoms with Crippen molar-refractivity contribution in [3.05, 3.63) is 0 Å². The van der Waals surface area contributed by atoms with Crippen LogP contribution in [0.15, 0.2) is 0 Å². The largest absolute Gasteiger partial charge is 0.444 e. The molecule has 0 atom stereocenters. The Kier molecular flexibility index (Phi) is 2.47. The van der Waals surface area contributed by atoms with Gasteiger partial charge in [-0.1, -0.05) is 0 Å². The molecule has 1 saturated carbocycles. The van der Waals surface area contributed by atoms with Crippen molar-refractivity contribution < 1.29 is 14.3 Å². The van der Waals surface area contributed by atoms with Crippen molar-refractivity contribution >= 4 is 6.09 Å². The third-order valence-electron chi connectivity index (χ3n) is 4.48. The minimum absolute atomic E-state index is 0.156. The van der Waals surface area contributed by atoms with Crippen molar-refractivity contribution in [3.63, 3.8) is 0 Å². The van der Waals surface area contributed by atoms with Crippen molar-refractivity contribution in [2.24, 2.45) is 5.41 Å². The molecule has 1 amide bonds. The van der Waals surface area contributed by atoms with Gasteiger partial charge in [0.05, 0.1) is 12.2 Å². The van der Waals surface area contributed by atoms with Crippen LogP contribution in [0.2, 0.25) is 0 Å². The summed E-state index contributed by atoms with van der Waals surface area (Å²) in [6.07, 6.45) is 4.60. The summed E-state index contributed by atoms with van der Waals surface area (Å²) < 4.78 is 10.9. The zero-order chi connectivity index (χ0) is 13.0. The molecule has 0 bridgehead atoms. The van der Waals surface area contributed by atoms with Gasteiger partial charge < -0.3 is 14.4 Å². The molecular formula is C14H23NO3. The smallest absolute Gasteiger partial charge is 0.410 e. The average molecular weight is 253 g/mol. The minimum atomic E-state index is -0.391. The van der Waals surface area contributed by atoms with Gasteiger partial charge in [-0.05, 0) is 46.5 Å². The predicted molar refractivity (Wildman–Crippen MR) is 67.4 cm³/mol. The summed E-state index contributed by atoms with van der Waals surface area (Å²) in [4.78, 5) is 13.7. The van der Waals surface area contributed by atoms with Gasteiger partial charge in [-0.2, -0.15) is 0 Å². The highest BCUT2D eigenvalue weighted by atomic mass is 16.6. The van der Waals surface area contributed by atoms with E-state index in [9.17, 15) is 4.79 Å². The molecule has 4 heteroatoms. The number of rotatable bonds is 0. The molecule has 2 saturated heterocycles. The number of likely N-dealkylation sites (tertiary alicyclic amines) is 1. The van der Waals surface area contributed by atoms with Crippen LogP contribution >= 0.6 is 0 Å². The molecule has 0 aromatic heterocycles. The molecule has 0 radical (unpaired) electrons. The van der Waals surface area contributed by atoms with Gasteiger partial charge in [0, 0.05) is 18.5 Å². The molecule has 2 heterocycles. The highest BCUT2D eigenvalue weighted by Gasteiger charge is 2.55. The standard InChI is InChI=1S/C14H23NO3/c1-12(2,3)18-11(16)15-8-13(9-15)4-6-14(7-5-13)10-17-14/h4-10H2,1-3H3. The Bertz CT molecular complexity index is 350. The lowest BCUT2D eigenvalue weighted by atomic mass is 9.66. The first-order valence-electron chi connectivity index (χ1n) is 6.94. The second kappa shape index (κ2) is 3.62. The van der Waals surface area contributed by atoms with Gasteiger partial charge in [0.25, 0.3) is 0 Å². The van der Waals surface area contributed by atoms with Crippen LogP contribution in [-0.4, -0.2) is 41.9 Å². The van der Waals surface area contributed by atoms with Crippen molar-refractivity contribution in [2.45, 2.75) is 57.7 Å². The zero-order valence-electron chi connectivity index (χ0n) is 11.6. The summed E-state index contributed by atoms with van der Waals surface area (Å²) in [6.45, 7) is 8.44. The quantitative estimate of drug-likeness (QED) is 0.623. The molecule has 3 fully saturated rings. The van der Waals surface area contributed by atoms with Crippen LogP contribution in [0.1, 0.15) is 46.5 Å². The highest BCUT2D eigenvalue weighted by molar-refractivity contribution is 5.69. The molecular weight excluding hydrogens is 230 g/mol. The van der Waals surface area contributed by atoms with Crippen LogP contribution in [-0.2, 0) is 9.47 Å². The fourth-order valence-corrected chi connectivity index (χ4v) is 3.16. The van der Waals surface area contributed by atoms with Crippen LogP contribution in [0.5, 0.6) is 0 Å². The van der Waals surface area contributed by atoms with Crippen LogP contribution < -0.4 is 0 Å². The molecule has 0 unspecified atom stereocenters. The Hall–Kier alpha value is -0.770. The molecule has 18 heavy (non-hydrogen) atoms. The summed E-state index contributed by atoms with van der Waals surface area (Å²) in [5.41, 5.74) is 0.226. The van der Waals surface area contributed by atoms with Crippen molar-refractivity contribution in [1.82, 2.24) is 4.90 Å². The minimum Gasteiger partial charge on any atom is -0.444 e. The molecule has 2 aliphatic heterocycles. The molecule has 4 nitrogen and oxygen atoms in total. The van der Waals surface area contributed by atoms with Crippen LogP contribution in [0, 0.1) is 5.41 Å². The molecule has 1 aliphatic carbocycles. The van der Waals surface area contributed by atoms with Crippen molar-refractivity contribution in [1.29, 1.82) is 0 Å². The maximum Gasteiger partial charge on any atom is 0.410 e.